The molecule has 3 heteroatoms. The summed E-state index contributed by atoms with van der Waals surface area (Å²) >= 11 is 0. The topological polar surface area (TPSA) is 49.3 Å². The minimum Gasteiger partial charge on any atom is -0.396 e. The van der Waals surface area contributed by atoms with Crippen LogP contribution in [0.5, 0.6) is 0 Å². The maximum atomic E-state index is 10.6. The Morgan fingerprint density at radius 3 is 2.73 bits per heavy atom. The number of nitrogens with one attached hydrogen (secondary N) is 1. The SMILES string of the molecule is C#CC(=O)NCC1(CO)CC1. The molecule has 60 valence electrons. The first-order valence-corrected chi connectivity index (χ1v) is 3.58. The molecule has 3 nitrogen and oxygen atoms in total. The molecule has 1 amide bonds. The van der Waals surface area contributed by atoms with E-state index in [-0.39, 0.29) is 12.0 Å². The predicted octanol–water partition coefficient (Wildman–Crippen LogP) is -0.492. The average molecular weight is 153 g/mol. The van der Waals surface area contributed by atoms with E-state index in [2.05, 4.69) is 5.32 Å². The molecule has 2 N–H and O–H groups in total. The molecule has 1 rings (SSSR count). The fourth-order valence-corrected chi connectivity index (χ4v) is 0.886. The molecule has 0 aromatic rings. The minimum atomic E-state index is -0.398. The van der Waals surface area contributed by atoms with Crippen molar-refractivity contribution in [2.24, 2.45) is 5.41 Å². The molecule has 0 aromatic heterocycles. The number of hydrogen-bond acceptors (Lipinski definition) is 2. The molecular formula is C8H11NO2. The van der Waals surface area contributed by atoms with Gasteiger partial charge in [0.05, 0.1) is 6.61 Å². The molecule has 0 heterocycles. The van der Waals surface area contributed by atoms with Crippen LogP contribution in [0.2, 0.25) is 0 Å². The fourth-order valence-electron chi connectivity index (χ4n) is 0.886. The van der Waals surface area contributed by atoms with Crippen molar-refractivity contribution in [2.75, 3.05) is 13.2 Å². The second-order valence-electron chi connectivity index (χ2n) is 2.99. The molecule has 1 saturated carbocycles. The summed E-state index contributed by atoms with van der Waals surface area (Å²) in [6.07, 6.45) is 6.80. The summed E-state index contributed by atoms with van der Waals surface area (Å²) in [5, 5.41) is 11.4. The Bertz CT molecular complexity index is 201. The monoisotopic (exact) mass is 153 g/mol. The van der Waals surface area contributed by atoms with Crippen molar-refractivity contribution >= 4 is 5.91 Å². The molecule has 0 spiro atoms. The molecule has 11 heavy (non-hydrogen) atoms. The van der Waals surface area contributed by atoms with Gasteiger partial charge < -0.3 is 10.4 Å². The molecule has 0 saturated heterocycles. The Labute approximate surface area is 65.8 Å². The van der Waals surface area contributed by atoms with E-state index in [9.17, 15) is 4.79 Å². The highest BCUT2D eigenvalue weighted by molar-refractivity contribution is 5.92. The average Bonchev–Trinajstić information content (AvgIpc) is 2.81. The summed E-state index contributed by atoms with van der Waals surface area (Å²) in [7, 11) is 0. The van der Waals surface area contributed by atoms with Gasteiger partial charge in [-0.05, 0) is 18.8 Å². The van der Waals surface area contributed by atoms with Gasteiger partial charge in [0, 0.05) is 12.0 Å². The Morgan fingerprint density at radius 1 is 1.73 bits per heavy atom. The summed E-state index contributed by atoms with van der Waals surface area (Å²) in [4.78, 5) is 10.6. The van der Waals surface area contributed by atoms with Gasteiger partial charge >= 0.3 is 0 Å². The van der Waals surface area contributed by atoms with Crippen molar-refractivity contribution in [3.8, 4) is 12.3 Å². The van der Waals surface area contributed by atoms with E-state index in [4.69, 9.17) is 11.5 Å². The van der Waals surface area contributed by atoms with Crippen LogP contribution in [0.3, 0.4) is 0 Å². The smallest absolute Gasteiger partial charge is 0.295 e. The summed E-state index contributed by atoms with van der Waals surface area (Å²) in [5.74, 6) is 1.56. The zero-order chi connectivity index (χ0) is 8.32. The van der Waals surface area contributed by atoms with Gasteiger partial charge in [-0.1, -0.05) is 0 Å². The van der Waals surface area contributed by atoms with Crippen LogP contribution in [0, 0.1) is 17.8 Å². The molecular weight excluding hydrogens is 142 g/mol. The lowest BCUT2D eigenvalue weighted by molar-refractivity contribution is -0.116. The first-order chi connectivity index (χ1) is 5.22. The second kappa shape index (κ2) is 2.93. The summed E-state index contributed by atoms with van der Waals surface area (Å²) in [5.41, 5.74) is -0.0491. The van der Waals surface area contributed by atoms with Gasteiger partial charge in [-0.2, -0.15) is 0 Å². The fraction of sp³-hybridized carbons (Fsp3) is 0.625. The standard InChI is InChI=1S/C8H11NO2/c1-2-7(11)9-5-8(6-10)3-4-8/h1,10H,3-6H2,(H,9,11). The van der Waals surface area contributed by atoms with Crippen molar-refractivity contribution in [3.05, 3.63) is 0 Å². The van der Waals surface area contributed by atoms with Crippen molar-refractivity contribution in [2.45, 2.75) is 12.8 Å². The number of rotatable bonds is 3. The van der Waals surface area contributed by atoms with Crippen molar-refractivity contribution in [3.63, 3.8) is 0 Å². The molecule has 0 aromatic carbocycles. The number of terminal acetylenes is 1. The third-order valence-corrected chi connectivity index (χ3v) is 2.05. The van der Waals surface area contributed by atoms with Crippen LogP contribution < -0.4 is 5.32 Å². The van der Waals surface area contributed by atoms with Crippen molar-refractivity contribution < 1.29 is 9.90 Å². The van der Waals surface area contributed by atoms with Crippen LogP contribution in [0.25, 0.3) is 0 Å². The van der Waals surface area contributed by atoms with E-state index < -0.39 is 5.91 Å². The van der Waals surface area contributed by atoms with E-state index in [0.29, 0.717) is 6.54 Å². The first kappa shape index (κ1) is 8.09. The lowest BCUT2D eigenvalue weighted by Gasteiger charge is -2.10. The summed E-state index contributed by atoms with van der Waals surface area (Å²) < 4.78 is 0. The molecule has 0 unspecified atom stereocenters. The normalized spacial score (nSPS) is 18.5. The Balaban J connectivity index is 2.23. The Hall–Kier alpha value is -1.01. The first-order valence-electron chi connectivity index (χ1n) is 3.58. The van der Waals surface area contributed by atoms with E-state index >= 15 is 0 Å². The Morgan fingerprint density at radius 2 is 2.36 bits per heavy atom. The van der Waals surface area contributed by atoms with Crippen LogP contribution in [-0.2, 0) is 4.79 Å². The van der Waals surface area contributed by atoms with Crippen molar-refractivity contribution in [1.29, 1.82) is 0 Å². The molecule has 1 aliphatic carbocycles. The number of carbonyl (C=O) groups is 1. The maximum absolute atomic E-state index is 10.6. The van der Waals surface area contributed by atoms with Crippen molar-refractivity contribution in [1.82, 2.24) is 5.32 Å². The predicted molar refractivity (Wildman–Crippen MR) is 40.6 cm³/mol. The molecule has 0 aliphatic heterocycles. The van der Waals surface area contributed by atoms with Gasteiger partial charge in [-0.25, -0.2) is 0 Å². The van der Waals surface area contributed by atoms with Crippen LogP contribution in [-0.4, -0.2) is 24.2 Å². The highest BCUT2D eigenvalue weighted by atomic mass is 16.3. The minimum absolute atomic E-state index is 0.0491. The number of aliphatic hydroxyl groups is 1. The zero-order valence-corrected chi connectivity index (χ0v) is 6.26. The van der Waals surface area contributed by atoms with E-state index in [0.717, 1.165) is 12.8 Å². The van der Waals surface area contributed by atoms with Crippen LogP contribution in [0.15, 0.2) is 0 Å². The van der Waals surface area contributed by atoms with Gasteiger partial charge in [-0.15, -0.1) is 6.42 Å². The second-order valence-corrected chi connectivity index (χ2v) is 2.99. The molecule has 0 bridgehead atoms. The Kier molecular flexibility index (Phi) is 2.16. The number of aliphatic hydroxyl groups excluding tert-OH is 1. The van der Waals surface area contributed by atoms with Gasteiger partial charge in [0.25, 0.3) is 5.91 Å². The number of amides is 1. The molecule has 0 radical (unpaired) electrons. The molecule has 1 aliphatic rings. The van der Waals surface area contributed by atoms with Gasteiger partial charge in [0.1, 0.15) is 0 Å². The van der Waals surface area contributed by atoms with Gasteiger partial charge in [0.15, 0.2) is 0 Å². The van der Waals surface area contributed by atoms with Crippen LogP contribution in [0.1, 0.15) is 12.8 Å². The lowest BCUT2D eigenvalue weighted by atomic mass is 10.1. The summed E-state index contributed by atoms with van der Waals surface area (Å²) in [6.45, 7) is 0.643. The third kappa shape index (κ3) is 1.95. The summed E-state index contributed by atoms with van der Waals surface area (Å²) in [6, 6.07) is 0. The lowest BCUT2D eigenvalue weighted by Crippen LogP contribution is -2.30. The highest BCUT2D eigenvalue weighted by Crippen LogP contribution is 2.44. The van der Waals surface area contributed by atoms with E-state index in [1.165, 1.54) is 0 Å². The van der Waals surface area contributed by atoms with E-state index in [1.807, 2.05) is 5.92 Å². The number of hydrogen-bond donors (Lipinski definition) is 2. The zero-order valence-electron chi connectivity index (χ0n) is 6.26. The number of carbonyl (C=O) groups excluding carboxylic acids is 1. The molecule has 1 fully saturated rings. The highest BCUT2D eigenvalue weighted by Gasteiger charge is 2.41. The maximum Gasteiger partial charge on any atom is 0.295 e. The largest absolute Gasteiger partial charge is 0.396 e. The van der Waals surface area contributed by atoms with Crippen LogP contribution >= 0.6 is 0 Å². The van der Waals surface area contributed by atoms with Gasteiger partial charge in [0.2, 0.25) is 0 Å². The third-order valence-electron chi connectivity index (χ3n) is 2.05. The quantitative estimate of drug-likeness (QED) is 0.537. The van der Waals surface area contributed by atoms with E-state index in [1.54, 1.807) is 0 Å². The van der Waals surface area contributed by atoms with Gasteiger partial charge in [-0.3, -0.25) is 4.79 Å². The molecule has 0 atom stereocenters. The van der Waals surface area contributed by atoms with Crippen LogP contribution in [0.4, 0.5) is 0 Å².